The lowest BCUT2D eigenvalue weighted by Crippen LogP contribution is -2.47. The van der Waals surface area contributed by atoms with Crippen molar-refractivity contribution in [3.05, 3.63) is 286 Å². The molecule has 0 saturated carbocycles. The minimum Gasteiger partial charge on any atom is -0.366 e. The molecule has 0 bridgehead atoms. The van der Waals surface area contributed by atoms with Gasteiger partial charge in [0.25, 0.3) is 29.2 Å². The maximum atomic E-state index is 12.8. The van der Waals surface area contributed by atoms with Gasteiger partial charge in [0.15, 0.2) is 0 Å². The van der Waals surface area contributed by atoms with Crippen LogP contribution in [0.25, 0.3) is 0 Å². The molecule has 4 fully saturated rings. The van der Waals surface area contributed by atoms with Gasteiger partial charge in [0.2, 0.25) is 0 Å². The number of carbonyl (C=O) groups excluding carboxylic acids is 4. The van der Waals surface area contributed by atoms with Gasteiger partial charge in [0.05, 0.1) is 104 Å². The molecule has 0 radical (unpaired) electrons. The van der Waals surface area contributed by atoms with Crippen molar-refractivity contribution < 1.29 is 19.2 Å². The van der Waals surface area contributed by atoms with Crippen LogP contribution in [0.2, 0.25) is 0 Å². The Balaban J connectivity index is 0.000000151. The first kappa shape index (κ1) is 90.1. The van der Waals surface area contributed by atoms with Crippen LogP contribution >= 0.6 is 0 Å². The van der Waals surface area contributed by atoms with Gasteiger partial charge in [-0.3, -0.25) is 53.9 Å². The zero-order valence-corrected chi connectivity index (χ0v) is 72.3. The predicted octanol–water partition coefficient (Wildman–Crippen LogP) is 14.5. The van der Waals surface area contributed by atoms with E-state index in [1.54, 1.807) is 111 Å². The van der Waals surface area contributed by atoms with E-state index in [1.807, 2.05) is 57.3 Å². The molecule has 4 amide bonds. The molecule has 16 rings (SSSR count). The minimum atomic E-state index is -0.418. The number of benzene rings is 4. The monoisotopic (exact) mass is 1680 g/mol. The van der Waals surface area contributed by atoms with E-state index in [9.17, 15) is 24.0 Å². The minimum absolute atomic E-state index is 0. The highest BCUT2D eigenvalue weighted by Gasteiger charge is 2.29. The Morgan fingerprint density at radius 2 is 0.696 bits per heavy atom. The smallest absolute Gasteiger partial charge is 0.261 e. The molecule has 8 aromatic heterocycles. The predicted molar refractivity (Wildman–Crippen MR) is 498 cm³/mol. The third-order valence-electron chi connectivity index (χ3n) is 22.2. The van der Waals surface area contributed by atoms with Crippen LogP contribution in [0.4, 0.5) is 68.8 Å². The first-order chi connectivity index (χ1) is 60.1. The second-order valence-corrected chi connectivity index (χ2v) is 32.0. The Kier molecular flexibility index (Phi) is 31.0. The highest BCUT2D eigenvalue weighted by Crippen LogP contribution is 2.38. The molecule has 30 nitrogen and oxygen atoms in total. The molecule has 5 N–H and O–H groups in total. The number of anilines is 12. The summed E-state index contributed by atoms with van der Waals surface area (Å²) in [6.07, 6.45) is 26.6. The number of amides is 4. The van der Waals surface area contributed by atoms with E-state index in [0.29, 0.717) is 46.0 Å². The number of hydrogen-bond acceptors (Lipinski definition) is 25. The fourth-order valence-corrected chi connectivity index (χ4v) is 15.0. The van der Waals surface area contributed by atoms with Gasteiger partial charge in [-0.15, -0.1) is 0 Å². The van der Waals surface area contributed by atoms with E-state index in [2.05, 4.69) is 218 Å². The van der Waals surface area contributed by atoms with Gasteiger partial charge in [0, 0.05) is 179 Å². The Hall–Kier alpha value is -14.2. The topological polar surface area (TPSA) is 330 Å². The number of carbonyl (C=O) groups is 4. The summed E-state index contributed by atoms with van der Waals surface area (Å²) in [7, 11) is 0. The lowest BCUT2D eigenvalue weighted by atomic mass is 10.0. The maximum Gasteiger partial charge on any atom is 0.261 e. The highest BCUT2D eigenvalue weighted by molar-refractivity contribution is 6.08. The number of pyridine rings is 3. The van der Waals surface area contributed by atoms with Crippen molar-refractivity contribution in [1.82, 2.24) is 65.0 Å². The van der Waals surface area contributed by atoms with E-state index in [4.69, 9.17) is 4.98 Å². The van der Waals surface area contributed by atoms with Crippen LogP contribution in [0.3, 0.4) is 0 Å². The quantitative estimate of drug-likeness (QED) is 0.0473. The Morgan fingerprint density at radius 3 is 1.06 bits per heavy atom. The van der Waals surface area contributed by atoms with Crippen molar-refractivity contribution in [3.8, 4) is 0 Å². The number of aryl methyl sites for hydroxylation is 3. The van der Waals surface area contributed by atoms with Gasteiger partial charge >= 0.3 is 0 Å². The molecule has 4 aliphatic heterocycles. The number of rotatable bonds is 20. The van der Waals surface area contributed by atoms with Gasteiger partial charge in [-0.2, -0.15) is 10.2 Å². The van der Waals surface area contributed by atoms with Crippen LogP contribution in [0.5, 0.6) is 0 Å². The fourth-order valence-electron chi connectivity index (χ4n) is 15.0. The molecular formula is C95H113N25O5. The number of H-pyrrole nitrogens is 1. The first-order valence-electron chi connectivity index (χ1n) is 42.2. The summed E-state index contributed by atoms with van der Waals surface area (Å²) in [4.78, 5) is 127. The van der Waals surface area contributed by atoms with Gasteiger partial charge in [-0.1, -0.05) is 87.1 Å². The zero-order chi connectivity index (χ0) is 87.2. The van der Waals surface area contributed by atoms with Crippen LogP contribution in [0.15, 0.2) is 219 Å². The molecular weight excluding hydrogens is 1570 g/mol. The number of aromatic nitrogens is 13. The Bertz CT molecular complexity index is 5610. The second kappa shape index (κ2) is 43.0. The summed E-state index contributed by atoms with van der Waals surface area (Å²) in [5.41, 5.74) is 16.3. The highest BCUT2D eigenvalue weighted by atomic mass is 16.2. The SMILES string of the molecule is C.CC(C)c1ccc(NC(=O)c2ccc[nH]c2=O)c(N2CCN(c3cnccn3)CC2)c1.CC(C)c1ccc(NC(=O)c2ccnnc2)c(N2CCN(c3cnccn3)CC2)c1.Cc1cnc(C)c(N2CCN(c3cc(C(C)C)ccc3NC(=O)c3cccnc3)CC2)n1.Cc1nccnc1N1CCN(c2cc(C(C)C)ccc2NC(=O)c2cccnc2)CC1. The second-order valence-electron chi connectivity index (χ2n) is 32.0. The third-order valence-corrected chi connectivity index (χ3v) is 22.2. The Morgan fingerprint density at radius 1 is 0.336 bits per heavy atom. The van der Waals surface area contributed by atoms with Gasteiger partial charge < -0.3 is 65.5 Å². The molecule has 4 aliphatic rings. The van der Waals surface area contributed by atoms with Crippen molar-refractivity contribution in [2.24, 2.45) is 0 Å². The van der Waals surface area contributed by atoms with Crippen LogP contribution in [0.1, 0.15) is 167 Å². The average Bonchev–Trinajstić information content (AvgIpc) is 0.814. The first-order valence-corrected chi connectivity index (χ1v) is 42.2. The molecule has 0 atom stereocenters. The van der Waals surface area contributed by atoms with Gasteiger partial charge in [0.1, 0.15) is 28.8 Å². The zero-order valence-electron chi connectivity index (χ0n) is 72.3. The van der Waals surface area contributed by atoms with Crippen molar-refractivity contribution in [2.45, 2.75) is 107 Å². The van der Waals surface area contributed by atoms with Crippen molar-refractivity contribution in [3.63, 3.8) is 0 Å². The average molecular weight is 1690 g/mol. The number of hydrogen-bond donors (Lipinski definition) is 5. The normalized spacial score (nSPS) is 13.9. The number of nitrogens with zero attached hydrogens (tertiary/aromatic N) is 20. The summed E-state index contributed by atoms with van der Waals surface area (Å²) >= 11 is 0. The lowest BCUT2D eigenvalue weighted by Gasteiger charge is -2.38. The molecule has 12 aromatic rings. The van der Waals surface area contributed by atoms with Crippen molar-refractivity contribution >= 4 is 92.4 Å². The van der Waals surface area contributed by atoms with Crippen molar-refractivity contribution in [1.29, 1.82) is 0 Å². The number of piperazine rings is 4. The summed E-state index contributed by atoms with van der Waals surface area (Å²) in [5.74, 6) is 4.34. The molecule has 4 aromatic carbocycles. The van der Waals surface area contributed by atoms with E-state index in [-0.39, 0.29) is 30.7 Å². The summed E-state index contributed by atoms with van der Waals surface area (Å²) in [5, 5.41) is 19.7. The Labute approximate surface area is 731 Å². The molecule has 30 heteroatoms. The van der Waals surface area contributed by atoms with Crippen LogP contribution in [-0.4, -0.2) is 193 Å². The molecule has 4 saturated heterocycles. The van der Waals surface area contributed by atoms with E-state index < -0.39 is 11.5 Å². The molecule has 648 valence electrons. The summed E-state index contributed by atoms with van der Waals surface area (Å²) in [6, 6.07) is 36.9. The number of nitrogens with one attached hydrogen (secondary N) is 5. The largest absolute Gasteiger partial charge is 0.366 e. The van der Waals surface area contributed by atoms with Crippen LogP contribution in [-0.2, 0) is 0 Å². The van der Waals surface area contributed by atoms with E-state index >= 15 is 0 Å². The molecule has 0 unspecified atom stereocenters. The fraction of sp³-hybridized carbons (Fsp3) is 0.337. The van der Waals surface area contributed by atoms with Gasteiger partial charge in [-0.25, -0.2) is 19.9 Å². The van der Waals surface area contributed by atoms with Crippen LogP contribution < -0.4 is 66.0 Å². The maximum absolute atomic E-state index is 12.8. The molecule has 0 spiro atoms. The lowest BCUT2D eigenvalue weighted by molar-refractivity contribution is 0.101. The molecule has 125 heavy (non-hydrogen) atoms. The van der Waals surface area contributed by atoms with E-state index in [0.717, 1.165) is 185 Å². The van der Waals surface area contributed by atoms with Crippen LogP contribution in [0, 0.1) is 20.8 Å². The molecule has 12 heterocycles. The number of aromatic amines is 1. The van der Waals surface area contributed by atoms with E-state index in [1.165, 1.54) is 46.9 Å². The standard InChI is InChI=1S/C25H30N6O.C24H28N6O.C23H26N6O2.C22H25N7O.CH4/c1-17(2)20-7-8-22(29-25(32)21-6-5-9-26-16-21)23(14-20)30-10-12-31(13-11-30)24-19(4)27-15-18(3)28-24;1-17(2)19-6-7-21(28-24(31)20-5-4-8-25-16-20)22(15-19)29-11-13-30(14-12-29)23-18(3)26-9-10-27-23;1-16(2)17-5-6-19(27-23(31)18-4-3-7-26-22(18)30)20(14-17)28-10-12-29(13-11-28)21-15-24-8-9-25-21;1-16(2)17-3-4-19(27-22(30)18-5-6-25-26-14-18)20(13-17)28-9-11-29(12-10-28)21-15-23-7-8-24-21;/h5-9,14-17H,10-13H2,1-4H3,(H,29,32);4-10,15-17H,11-14H2,1-3H3,(H,28,31);3-9,14-16H,10-13H2,1-2H3,(H,26,30)(H,27,31);3-8,13-16H,9-12H2,1-2H3,(H,27,30);1H4. The molecule has 0 aliphatic carbocycles. The van der Waals surface area contributed by atoms with Gasteiger partial charge in [-0.05, 0) is 158 Å². The summed E-state index contributed by atoms with van der Waals surface area (Å²) in [6.45, 7) is 36.6. The summed E-state index contributed by atoms with van der Waals surface area (Å²) < 4.78 is 0. The van der Waals surface area contributed by atoms with Crippen molar-refractivity contribution in [2.75, 3.05) is 165 Å². The third kappa shape index (κ3) is 23.5.